The van der Waals surface area contributed by atoms with Gasteiger partial charge in [0.05, 0.1) is 0 Å². The van der Waals surface area contributed by atoms with Crippen LogP contribution in [-0.2, 0) is 4.74 Å². The van der Waals surface area contributed by atoms with E-state index in [1.165, 1.54) is 12.0 Å². The molecule has 3 unspecified atom stereocenters. The van der Waals surface area contributed by atoms with E-state index in [-0.39, 0.29) is 0 Å². The summed E-state index contributed by atoms with van der Waals surface area (Å²) in [4.78, 5) is 0. The molecule has 15 heavy (non-hydrogen) atoms. The Morgan fingerprint density at radius 1 is 1.40 bits per heavy atom. The Bertz CT molecular complexity index is 299. The Morgan fingerprint density at radius 2 is 2.13 bits per heavy atom. The highest BCUT2D eigenvalue weighted by Gasteiger charge is 2.41. The number of hydrogen-bond acceptors (Lipinski definition) is 2. The maximum Gasteiger partial charge on any atom is 0.0477 e. The number of hydrogen-bond donors (Lipinski definition) is 1. The molecule has 0 radical (unpaired) electrons. The Morgan fingerprint density at radius 3 is 2.80 bits per heavy atom. The lowest BCUT2D eigenvalue weighted by Gasteiger charge is -2.10. The second-order valence-electron chi connectivity index (χ2n) is 4.36. The van der Waals surface area contributed by atoms with Crippen LogP contribution < -0.4 is 5.73 Å². The molecule has 0 saturated heterocycles. The van der Waals surface area contributed by atoms with Crippen LogP contribution >= 0.6 is 0 Å². The lowest BCUT2D eigenvalue weighted by molar-refractivity contribution is 0.185. The van der Waals surface area contributed by atoms with E-state index in [0.717, 1.165) is 13.0 Å². The largest absolute Gasteiger partial charge is 0.385 e. The van der Waals surface area contributed by atoms with Gasteiger partial charge in [0.15, 0.2) is 0 Å². The van der Waals surface area contributed by atoms with Gasteiger partial charge in [-0.3, -0.25) is 0 Å². The smallest absolute Gasteiger partial charge is 0.0477 e. The van der Waals surface area contributed by atoms with E-state index in [2.05, 4.69) is 30.3 Å². The van der Waals surface area contributed by atoms with Crippen molar-refractivity contribution in [1.82, 2.24) is 0 Å². The molecule has 0 aliphatic heterocycles. The lowest BCUT2D eigenvalue weighted by Crippen LogP contribution is -2.24. The van der Waals surface area contributed by atoms with Crippen LogP contribution in [0.3, 0.4) is 0 Å². The SMILES string of the molecule is COCCC(N)C1CC1c1ccccc1. The van der Waals surface area contributed by atoms with Crippen molar-refractivity contribution in [3.05, 3.63) is 35.9 Å². The first kappa shape index (κ1) is 10.7. The topological polar surface area (TPSA) is 35.2 Å². The molecule has 0 heterocycles. The van der Waals surface area contributed by atoms with Gasteiger partial charge in [0.2, 0.25) is 0 Å². The maximum atomic E-state index is 6.11. The van der Waals surface area contributed by atoms with Crippen molar-refractivity contribution < 1.29 is 4.74 Å². The number of nitrogens with two attached hydrogens (primary N) is 1. The molecule has 1 fully saturated rings. The zero-order chi connectivity index (χ0) is 10.7. The van der Waals surface area contributed by atoms with Gasteiger partial charge in [-0.2, -0.15) is 0 Å². The number of ether oxygens (including phenoxy) is 1. The summed E-state index contributed by atoms with van der Waals surface area (Å²) >= 11 is 0. The summed E-state index contributed by atoms with van der Waals surface area (Å²) in [6.07, 6.45) is 2.22. The summed E-state index contributed by atoms with van der Waals surface area (Å²) in [6.45, 7) is 0.777. The molecular weight excluding hydrogens is 186 g/mol. The first-order chi connectivity index (χ1) is 7.33. The quantitative estimate of drug-likeness (QED) is 0.799. The summed E-state index contributed by atoms with van der Waals surface area (Å²) in [6, 6.07) is 11.0. The summed E-state index contributed by atoms with van der Waals surface area (Å²) in [5, 5.41) is 0. The highest BCUT2D eigenvalue weighted by atomic mass is 16.5. The van der Waals surface area contributed by atoms with Gasteiger partial charge in [-0.05, 0) is 30.2 Å². The molecule has 2 nitrogen and oxygen atoms in total. The minimum Gasteiger partial charge on any atom is -0.385 e. The minimum absolute atomic E-state index is 0.301. The van der Waals surface area contributed by atoms with Gasteiger partial charge in [-0.25, -0.2) is 0 Å². The first-order valence-corrected chi connectivity index (χ1v) is 5.62. The van der Waals surface area contributed by atoms with Crippen LogP contribution in [0, 0.1) is 5.92 Å². The van der Waals surface area contributed by atoms with Gasteiger partial charge in [-0.15, -0.1) is 0 Å². The molecule has 1 aromatic rings. The lowest BCUT2D eigenvalue weighted by atomic mass is 10.0. The van der Waals surface area contributed by atoms with Crippen LogP contribution in [-0.4, -0.2) is 19.8 Å². The molecule has 82 valence electrons. The third kappa shape index (κ3) is 2.58. The minimum atomic E-state index is 0.301. The number of rotatable bonds is 5. The van der Waals surface area contributed by atoms with E-state index in [0.29, 0.717) is 17.9 Å². The summed E-state index contributed by atoms with van der Waals surface area (Å²) in [7, 11) is 1.73. The zero-order valence-corrected chi connectivity index (χ0v) is 9.23. The Kier molecular flexibility index (Phi) is 3.39. The van der Waals surface area contributed by atoms with Gasteiger partial charge in [-0.1, -0.05) is 30.3 Å². The fraction of sp³-hybridized carbons (Fsp3) is 0.538. The number of benzene rings is 1. The van der Waals surface area contributed by atoms with E-state index in [1.807, 2.05) is 0 Å². The van der Waals surface area contributed by atoms with E-state index in [9.17, 15) is 0 Å². The fourth-order valence-electron chi connectivity index (χ4n) is 2.24. The molecule has 2 heteroatoms. The van der Waals surface area contributed by atoms with Gasteiger partial charge >= 0.3 is 0 Å². The molecule has 1 aromatic carbocycles. The normalized spacial score (nSPS) is 26.3. The molecule has 1 aliphatic carbocycles. The standard InChI is InChI=1S/C13H19NO/c1-15-8-7-13(14)12-9-11(12)10-5-3-2-4-6-10/h2-6,11-13H,7-9,14H2,1H3. The predicted molar refractivity (Wildman–Crippen MR) is 61.8 cm³/mol. The first-order valence-electron chi connectivity index (χ1n) is 5.62. The monoisotopic (exact) mass is 205 g/mol. The average molecular weight is 205 g/mol. The molecule has 3 atom stereocenters. The Labute approximate surface area is 91.4 Å². The molecular formula is C13H19NO. The van der Waals surface area contributed by atoms with E-state index in [4.69, 9.17) is 10.5 Å². The molecule has 0 spiro atoms. The zero-order valence-electron chi connectivity index (χ0n) is 9.23. The van der Waals surface area contributed by atoms with Crippen LogP contribution in [0.5, 0.6) is 0 Å². The van der Waals surface area contributed by atoms with Crippen LogP contribution in [0.1, 0.15) is 24.3 Å². The molecule has 1 saturated carbocycles. The molecule has 0 aromatic heterocycles. The van der Waals surface area contributed by atoms with Gasteiger partial charge in [0.25, 0.3) is 0 Å². The fourth-order valence-corrected chi connectivity index (χ4v) is 2.24. The molecule has 2 rings (SSSR count). The van der Waals surface area contributed by atoms with Crippen LogP contribution in [0.4, 0.5) is 0 Å². The molecule has 1 aliphatic rings. The summed E-state index contributed by atoms with van der Waals surface area (Å²) < 4.78 is 5.05. The third-order valence-electron chi connectivity index (χ3n) is 3.27. The van der Waals surface area contributed by atoms with Crippen molar-refractivity contribution in [3.8, 4) is 0 Å². The van der Waals surface area contributed by atoms with Gasteiger partial charge < -0.3 is 10.5 Å². The van der Waals surface area contributed by atoms with E-state index >= 15 is 0 Å². The Hall–Kier alpha value is -0.860. The highest BCUT2D eigenvalue weighted by molar-refractivity contribution is 5.26. The van der Waals surface area contributed by atoms with Crippen LogP contribution in [0.2, 0.25) is 0 Å². The van der Waals surface area contributed by atoms with Gasteiger partial charge in [0.1, 0.15) is 0 Å². The van der Waals surface area contributed by atoms with Crippen LogP contribution in [0.15, 0.2) is 30.3 Å². The van der Waals surface area contributed by atoms with Crippen molar-refractivity contribution in [2.45, 2.75) is 24.8 Å². The Balaban J connectivity index is 1.85. The van der Waals surface area contributed by atoms with Crippen molar-refractivity contribution in [2.24, 2.45) is 11.7 Å². The maximum absolute atomic E-state index is 6.11. The molecule has 0 bridgehead atoms. The van der Waals surface area contributed by atoms with Crippen molar-refractivity contribution in [2.75, 3.05) is 13.7 Å². The molecule has 2 N–H and O–H groups in total. The van der Waals surface area contributed by atoms with Crippen molar-refractivity contribution >= 4 is 0 Å². The number of methoxy groups -OCH3 is 1. The average Bonchev–Trinajstić information content (AvgIpc) is 3.07. The van der Waals surface area contributed by atoms with Crippen molar-refractivity contribution in [3.63, 3.8) is 0 Å². The summed E-state index contributed by atoms with van der Waals surface area (Å²) in [5.41, 5.74) is 7.55. The van der Waals surface area contributed by atoms with Crippen LogP contribution in [0.25, 0.3) is 0 Å². The second kappa shape index (κ2) is 4.77. The third-order valence-corrected chi connectivity index (χ3v) is 3.27. The highest BCUT2D eigenvalue weighted by Crippen LogP contribution is 2.49. The molecule has 0 amide bonds. The summed E-state index contributed by atoms with van der Waals surface area (Å²) in [5.74, 6) is 1.36. The predicted octanol–water partition coefficient (Wildman–Crippen LogP) is 2.15. The second-order valence-corrected chi connectivity index (χ2v) is 4.36. The van der Waals surface area contributed by atoms with E-state index in [1.54, 1.807) is 7.11 Å². The van der Waals surface area contributed by atoms with Crippen molar-refractivity contribution in [1.29, 1.82) is 0 Å². The van der Waals surface area contributed by atoms with E-state index < -0.39 is 0 Å². The van der Waals surface area contributed by atoms with Gasteiger partial charge in [0, 0.05) is 19.8 Å².